The van der Waals surface area contributed by atoms with Crippen LogP contribution in [0.15, 0.2) is 24.5 Å². The average Bonchev–Trinajstić information content (AvgIpc) is 2.78. The predicted octanol–water partition coefficient (Wildman–Crippen LogP) is 1.70. The van der Waals surface area contributed by atoms with E-state index in [4.69, 9.17) is 11.6 Å². The molecule has 1 aromatic heterocycles. The van der Waals surface area contributed by atoms with Gasteiger partial charge < -0.3 is 5.32 Å². The van der Waals surface area contributed by atoms with Gasteiger partial charge in [0.15, 0.2) is 0 Å². The zero-order valence-corrected chi connectivity index (χ0v) is 9.95. The third kappa shape index (κ3) is 2.82. The Labute approximate surface area is 103 Å². The summed E-state index contributed by atoms with van der Waals surface area (Å²) in [6.07, 6.45) is 1.40. The van der Waals surface area contributed by atoms with E-state index in [1.807, 2.05) is 6.92 Å². The Morgan fingerprint density at radius 1 is 1.53 bits per heavy atom. The molecule has 17 heavy (non-hydrogen) atoms. The smallest absolute Gasteiger partial charge is 0.251 e. The summed E-state index contributed by atoms with van der Waals surface area (Å²) in [5, 5.41) is 9.73. The molecule has 0 atom stereocenters. The van der Waals surface area contributed by atoms with Crippen molar-refractivity contribution in [1.82, 2.24) is 20.5 Å². The molecule has 1 heterocycles. The van der Waals surface area contributed by atoms with Gasteiger partial charge in [-0.1, -0.05) is 11.6 Å². The highest BCUT2D eigenvalue weighted by atomic mass is 35.5. The molecule has 1 aromatic carbocycles. The van der Waals surface area contributed by atoms with Crippen LogP contribution in [0.2, 0.25) is 5.02 Å². The number of carbonyl (C=O) groups excluding carboxylic acids is 1. The van der Waals surface area contributed by atoms with Gasteiger partial charge in [0.05, 0.1) is 6.54 Å². The van der Waals surface area contributed by atoms with Gasteiger partial charge in [0.2, 0.25) is 0 Å². The second-order valence-electron chi connectivity index (χ2n) is 3.57. The van der Waals surface area contributed by atoms with E-state index in [0.29, 0.717) is 23.0 Å². The first-order valence-electron chi connectivity index (χ1n) is 5.05. The minimum Gasteiger partial charge on any atom is -0.345 e. The lowest BCUT2D eigenvalue weighted by Crippen LogP contribution is -2.24. The Hall–Kier alpha value is -1.88. The fourth-order valence-electron chi connectivity index (χ4n) is 1.46. The first kappa shape index (κ1) is 11.6. The minimum absolute atomic E-state index is 0.157. The second kappa shape index (κ2) is 4.97. The standard InChI is InChI=1S/C11H11ClN4O/c1-7-4-8(12)2-3-9(7)11(17)13-5-10-14-6-15-16-10/h2-4,6H,5H2,1H3,(H,13,17)(H,14,15,16). The summed E-state index contributed by atoms with van der Waals surface area (Å²) in [7, 11) is 0. The molecule has 0 radical (unpaired) electrons. The lowest BCUT2D eigenvalue weighted by Gasteiger charge is -2.06. The Balaban J connectivity index is 2.04. The second-order valence-corrected chi connectivity index (χ2v) is 4.01. The summed E-state index contributed by atoms with van der Waals surface area (Å²) >= 11 is 5.82. The topological polar surface area (TPSA) is 70.7 Å². The highest BCUT2D eigenvalue weighted by Crippen LogP contribution is 2.15. The van der Waals surface area contributed by atoms with E-state index >= 15 is 0 Å². The van der Waals surface area contributed by atoms with Crippen LogP contribution in [0.25, 0.3) is 0 Å². The maximum Gasteiger partial charge on any atom is 0.251 e. The number of nitrogens with one attached hydrogen (secondary N) is 2. The third-order valence-electron chi connectivity index (χ3n) is 2.31. The quantitative estimate of drug-likeness (QED) is 0.871. The number of halogens is 1. The summed E-state index contributed by atoms with van der Waals surface area (Å²) in [6, 6.07) is 5.15. The lowest BCUT2D eigenvalue weighted by atomic mass is 10.1. The van der Waals surface area contributed by atoms with Gasteiger partial charge in [0.25, 0.3) is 5.91 Å². The molecule has 0 bridgehead atoms. The fraction of sp³-hybridized carbons (Fsp3) is 0.182. The van der Waals surface area contributed by atoms with E-state index in [1.54, 1.807) is 18.2 Å². The molecule has 2 N–H and O–H groups in total. The maximum absolute atomic E-state index is 11.9. The van der Waals surface area contributed by atoms with Gasteiger partial charge in [-0.15, -0.1) is 0 Å². The van der Waals surface area contributed by atoms with Crippen LogP contribution in [-0.4, -0.2) is 21.1 Å². The number of H-pyrrole nitrogens is 1. The highest BCUT2D eigenvalue weighted by Gasteiger charge is 2.09. The number of nitrogens with zero attached hydrogens (tertiary/aromatic N) is 2. The zero-order chi connectivity index (χ0) is 12.3. The van der Waals surface area contributed by atoms with Crippen LogP contribution < -0.4 is 5.32 Å². The van der Waals surface area contributed by atoms with Crippen molar-refractivity contribution in [3.63, 3.8) is 0 Å². The van der Waals surface area contributed by atoms with E-state index in [-0.39, 0.29) is 5.91 Å². The molecule has 1 amide bonds. The molecule has 2 rings (SSSR count). The van der Waals surface area contributed by atoms with Crippen molar-refractivity contribution in [3.05, 3.63) is 46.5 Å². The number of aryl methyl sites for hydroxylation is 1. The Morgan fingerprint density at radius 2 is 2.35 bits per heavy atom. The van der Waals surface area contributed by atoms with Gasteiger partial charge in [-0.25, -0.2) is 4.98 Å². The van der Waals surface area contributed by atoms with Crippen molar-refractivity contribution in [1.29, 1.82) is 0 Å². The highest BCUT2D eigenvalue weighted by molar-refractivity contribution is 6.30. The summed E-state index contributed by atoms with van der Waals surface area (Å²) in [6.45, 7) is 2.16. The average molecular weight is 251 g/mol. The number of hydrogen-bond acceptors (Lipinski definition) is 3. The van der Waals surface area contributed by atoms with Crippen molar-refractivity contribution in [3.8, 4) is 0 Å². The molecule has 0 aliphatic heterocycles. The van der Waals surface area contributed by atoms with E-state index in [0.717, 1.165) is 5.56 Å². The molecule has 88 valence electrons. The van der Waals surface area contributed by atoms with Gasteiger partial charge in [0, 0.05) is 10.6 Å². The first-order chi connectivity index (χ1) is 8.16. The fourth-order valence-corrected chi connectivity index (χ4v) is 1.68. The summed E-state index contributed by atoms with van der Waals surface area (Å²) in [4.78, 5) is 15.8. The molecule has 0 aliphatic rings. The molecular weight excluding hydrogens is 240 g/mol. The lowest BCUT2D eigenvalue weighted by molar-refractivity contribution is 0.0949. The largest absolute Gasteiger partial charge is 0.345 e. The Kier molecular flexibility index (Phi) is 3.39. The number of benzene rings is 1. The van der Waals surface area contributed by atoms with Gasteiger partial charge in [0.1, 0.15) is 12.2 Å². The van der Waals surface area contributed by atoms with Crippen molar-refractivity contribution in [2.75, 3.05) is 0 Å². The third-order valence-corrected chi connectivity index (χ3v) is 2.55. The number of aromatic nitrogens is 3. The molecule has 6 heteroatoms. The van der Waals surface area contributed by atoms with E-state index in [2.05, 4.69) is 20.5 Å². The summed E-state index contributed by atoms with van der Waals surface area (Å²) < 4.78 is 0. The molecular formula is C11H11ClN4O. The van der Waals surface area contributed by atoms with Gasteiger partial charge in [-0.05, 0) is 30.7 Å². The van der Waals surface area contributed by atoms with Crippen LogP contribution in [0.4, 0.5) is 0 Å². The maximum atomic E-state index is 11.9. The van der Waals surface area contributed by atoms with Crippen LogP contribution in [0.5, 0.6) is 0 Å². The van der Waals surface area contributed by atoms with Crippen molar-refractivity contribution in [2.24, 2.45) is 0 Å². The molecule has 5 nitrogen and oxygen atoms in total. The monoisotopic (exact) mass is 250 g/mol. The molecule has 0 unspecified atom stereocenters. The van der Waals surface area contributed by atoms with Crippen LogP contribution in [0.1, 0.15) is 21.7 Å². The van der Waals surface area contributed by atoms with E-state index < -0.39 is 0 Å². The molecule has 0 aliphatic carbocycles. The summed E-state index contributed by atoms with van der Waals surface area (Å²) in [5.74, 6) is 0.459. The molecule has 2 aromatic rings. The number of hydrogen-bond donors (Lipinski definition) is 2. The molecule has 0 saturated carbocycles. The minimum atomic E-state index is -0.157. The number of amides is 1. The first-order valence-corrected chi connectivity index (χ1v) is 5.43. The van der Waals surface area contributed by atoms with E-state index in [9.17, 15) is 4.79 Å². The number of rotatable bonds is 3. The SMILES string of the molecule is Cc1cc(Cl)ccc1C(=O)NCc1ncn[nH]1. The van der Waals surface area contributed by atoms with Crippen molar-refractivity contribution < 1.29 is 4.79 Å². The molecule has 0 fully saturated rings. The number of carbonyl (C=O) groups is 1. The van der Waals surface area contributed by atoms with E-state index in [1.165, 1.54) is 6.33 Å². The van der Waals surface area contributed by atoms with Crippen LogP contribution >= 0.6 is 11.6 Å². The van der Waals surface area contributed by atoms with Gasteiger partial charge >= 0.3 is 0 Å². The van der Waals surface area contributed by atoms with Gasteiger partial charge in [-0.2, -0.15) is 5.10 Å². The van der Waals surface area contributed by atoms with Gasteiger partial charge in [-0.3, -0.25) is 9.89 Å². The normalized spacial score (nSPS) is 10.2. The Bertz CT molecular complexity index is 524. The zero-order valence-electron chi connectivity index (χ0n) is 9.20. The van der Waals surface area contributed by atoms with Crippen LogP contribution in [0.3, 0.4) is 0 Å². The summed E-state index contributed by atoms with van der Waals surface area (Å²) in [5.41, 5.74) is 1.45. The predicted molar refractivity (Wildman–Crippen MR) is 63.7 cm³/mol. The van der Waals surface area contributed by atoms with Crippen LogP contribution in [0, 0.1) is 6.92 Å². The number of aromatic amines is 1. The van der Waals surface area contributed by atoms with Crippen molar-refractivity contribution >= 4 is 17.5 Å². The molecule has 0 spiro atoms. The van der Waals surface area contributed by atoms with Crippen molar-refractivity contribution in [2.45, 2.75) is 13.5 Å². The van der Waals surface area contributed by atoms with Crippen LogP contribution in [-0.2, 0) is 6.54 Å². The molecule has 0 saturated heterocycles. The Morgan fingerprint density at radius 3 is 3.00 bits per heavy atom.